The molecule has 0 radical (unpaired) electrons. The van der Waals surface area contributed by atoms with E-state index < -0.39 is 0 Å². The lowest BCUT2D eigenvalue weighted by Crippen LogP contribution is -2.17. The lowest BCUT2D eigenvalue weighted by molar-refractivity contribution is 0.296. The van der Waals surface area contributed by atoms with Crippen LogP contribution in [0.25, 0.3) is 0 Å². The van der Waals surface area contributed by atoms with Crippen molar-refractivity contribution in [3.05, 3.63) is 53.9 Å². The van der Waals surface area contributed by atoms with Crippen molar-refractivity contribution in [2.45, 2.75) is 32.5 Å². The Balaban J connectivity index is 1.68. The zero-order chi connectivity index (χ0) is 15.4. The van der Waals surface area contributed by atoms with Gasteiger partial charge in [-0.05, 0) is 42.7 Å². The van der Waals surface area contributed by atoms with E-state index in [0.29, 0.717) is 12.6 Å². The molecule has 4 nitrogen and oxygen atoms in total. The number of benzene rings is 1. The highest BCUT2D eigenvalue weighted by atomic mass is 16.5. The molecule has 1 fully saturated rings. The molecule has 1 aromatic carbocycles. The van der Waals surface area contributed by atoms with Crippen LogP contribution in [0.1, 0.15) is 24.6 Å². The molecule has 1 heterocycles. The molecule has 2 aromatic rings. The Morgan fingerprint density at radius 2 is 2.14 bits per heavy atom. The molecule has 2 atom stereocenters. The van der Waals surface area contributed by atoms with Crippen molar-refractivity contribution in [1.82, 2.24) is 10.3 Å². The molecular formula is C18H22N2O2. The summed E-state index contributed by atoms with van der Waals surface area (Å²) in [5, 5.41) is 3.56. The van der Waals surface area contributed by atoms with E-state index in [0.717, 1.165) is 35.2 Å². The number of methoxy groups -OCH3 is 1. The third-order valence-corrected chi connectivity index (χ3v) is 4.03. The number of hydrogen-bond donors (Lipinski definition) is 1. The molecule has 1 aliphatic rings. The first-order valence-corrected chi connectivity index (χ1v) is 7.69. The van der Waals surface area contributed by atoms with Crippen LogP contribution in [-0.4, -0.2) is 18.1 Å². The van der Waals surface area contributed by atoms with Gasteiger partial charge in [0.1, 0.15) is 18.1 Å². The largest absolute Gasteiger partial charge is 0.497 e. The van der Waals surface area contributed by atoms with Crippen molar-refractivity contribution >= 4 is 0 Å². The summed E-state index contributed by atoms with van der Waals surface area (Å²) < 4.78 is 11.3. The van der Waals surface area contributed by atoms with Gasteiger partial charge in [-0.15, -0.1) is 0 Å². The quantitative estimate of drug-likeness (QED) is 0.852. The number of ether oxygens (including phenoxy) is 2. The second kappa shape index (κ2) is 6.79. The number of pyridine rings is 1. The van der Waals surface area contributed by atoms with E-state index in [1.165, 1.54) is 6.42 Å². The number of aromatic nitrogens is 1. The molecule has 2 unspecified atom stereocenters. The fourth-order valence-electron chi connectivity index (χ4n) is 2.44. The standard InChI is InChI=1S/C18H22N2O2/c1-13-9-17(13)20-11-14-10-16(21-2)6-7-18(14)22-12-15-5-3-4-8-19-15/h3-8,10,13,17,20H,9,11-12H2,1-2H3. The summed E-state index contributed by atoms with van der Waals surface area (Å²) in [5.74, 6) is 2.52. The van der Waals surface area contributed by atoms with Gasteiger partial charge in [0, 0.05) is 24.3 Å². The first kappa shape index (κ1) is 14.9. The summed E-state index contributed by atoms with van der Waals surface area (Å²) in [6, 6.07) is 12.4. The third-order valence-electron chi connectivity index (χ3n) is 4.03. The van der Waals surface area contributed by atoms with Crippen LogP contribution < -0.4 is 14.8 Å². The average Bonchev–Trinajstić information content (AvgIpc) is 3.27. The van der Waals surface area contributed by atoms with Gasteiger partial charge in [0.15, 0.2) is 0 Å². The summed E-state index contributed by atoms with van der Waals surface area (Å²) in [6.45, 7) is 3.53. The van der Waals surface area contributed by atoms with Crippen LogP contribution in [0.4, 0.5) is 0 Å². The van der Waals surface area contributed by atoms with Crippen molar-refractivity contribution in [2.75, 3.05) is 7.11 Å². The molecule has 1 N–H and O–H groups in total. The number of rotatable bonds is 7. The van der Waals surface area contributed by atoms with Crippen LogP contribution in [0, 0.1) is 5.92 Å². The molecule has 3 rings (SSSR count). The van der Waals surface area contributed by atoms with Gasteiger partial charge in [-0.2, -0.15) is 0 Å². The zero-order valence-corrected chi connectivity index (χ0v) is 13.1. The van der Waals surface area contributed by atoms with Crippen LogP contribution in [0.2, 0.25) is 0 Å². The van der Waals surface area contributed by atoms with E-state index in [2.05, 4.69) is 17.2 Å². The zero-order valence-electron chi connectivity index (χ0n) is 13.1. The van der Waals surface area contributed by atoms with Crippen LogP contribution in [0.3, 0.4) is 0 Å². The van der Waals surface area contributed by atoms with Gasteiger partial charge in [0.2, 0.25) is 0 Å². The Kier molecular flexibility index (Phi) is 4.59. The van der Waals surface area contributed by atoms with E-state index in [1.807, 2.05) is 36.4 Å². The Morgan fingerprint density at radius 3 is 2.82 bits per heavy atom. The van der Waals surface area contributed by atoms with E-state index in [4.69, 9.17) is 9.47 Å². The lowest BCUT2D eigenvalue weighted by atomic mass is 10.2. The van der Waals surface area contributed by atoms with Crippen LogP contribution in [-0.2, 0) is 13.2 Å². The molecule has 1 aromatic heterocycles. The molecule has 22 heavy (non-hydrogen) atoms. The highest BCUT2D eigenvalue weighted by Gasteiger charge is 2.31. The number of nitrogens with zero attached hydrogens (tertiary/aromatic N) is 1. The Bertz CT molecular complexity index is 616. The minimum absolute atomic E-state index is 0.472. The number of hydrogen-bond acceptors (Lipinski definition) is 4. The van der Waals surface area contributed by atoms with Crippen molar-refractivity contribution in [3.8, 4) is 11.5 Å². The summed E-state index contributed by atoms with van der Waals surface area (Å²) in [7, 11) is 1.68. The molecule has 0 spiro atoms. The van der Waals surface area contributed by atoms with Crippen molar-refractivity contribution in [3.63, 3.8) is 0 Å². The maximum Gasteiger partial charge on any atom is 0.130 e. The first-order valence-electron chi connectivity index (χ1n) is 7.69. The highest BCUT2D eigenvalue weighted by molar-refractivity contribution is 5.40. The molecule has 0 aliphatic heterocycles. The molecule has 116 valence electrons. The molecule has 1 saturated carbocycles. The fraction of sp³-hybridized carbons (Fsp3) is 0.389. The van der Waals surface area contributed by atoms with Gasteiger partial charge in [-0.25, -0.2) is 0 Å². The minimum Gasteiger partial charge on any atom is -0.497 e. The maximum atomic E-state index is 5.94. The smallest absolute Gasteiger partial charge is 0.130 e. The first-order chi connectivity index (χ1) is 10.8. The SMILES string of the molecule is COc1ccc(OCc2ccccn2)c(CNC2CC2C)c1. The van der Waals surface area contributed by atoms with Crippen molar-refractivity contribution in [1.29, 1.82) is 0 Å². The average molecular weight is 298 g/mol. The van der Waals surface area contributed by atoms with E-state index in [-0.39, 0.29) is 0 Å². The molecule has 0 amide bonds. The summed E-state index contributed by atoms with van der Waals surface area (Å²) in [6.07, 6.45) is 3.04. The summed E-state index contributed by atoms with van der Waals surface area (Å²) in [5.41, 5.74) is 2.04. The van der Waals surface area contributed by atoms with Crippen LogP contribution >= 0.6 is 0 Å². The second-order valence-electron chi connectivity index (χ2n) is 5.78. The Morgan fingerprint density at radius 1 is 1.27 bits per heavy atom. The predicted octanol–water partition coefficient (Wildman–Crippen LogP) is 3.17. The van der Waals surface area contributed by atoms with Gasteiger partial charge in [0.05, 0.1) is 12.8 Å². The predicted molar refractivity (Wildman–Crippen MR) is 86.0 cm³/mol. The van der Waals surface area contributed by atoms with Crippen molar-refractivity contribution in [2.24, 2.45) is 5.92 Å². The van der Waals surface area contributed by atoms with Gasteiger partial charge >= 0.3 is 0 Å². The van der Waals surface area contributed by atoms with Gasteiger partial charge < -0.3 is 14.8 Å². The summed E-state index contributed by atoms with van der Waals surface area (Å²) >= 11 is 0. The number of nitrogens with one attached hydrogen (secondary N) is 1. The van der Waals surface area contributed by atoms with Gasteiger partial charge in [0.25, 0.3) is 0 Å². The molecule has 0 saturated heterocycles. The topological polar surface area (TPSA) is 43.4 Å². The normalized spacial score (nSPS) is 19.7. The van der Waals surface area contributed by atoms with E-state index >= 15 is 0 Å². The monoisotopic (exact) mass is 298 g/mol. The van der Waals surface area contributed by atoms with Crippen LogP contribution in [0.15, 0.2) is 42.6 Å². The molecule has 4 heteroatoms. The third kappa shape index (κ3) is 3.77. The fourth-order valence-corrected chi connectivity index (χ4v) is 2.44. The Labute approximate surface area is 131 Å². The van der Waals surface area contributed by atoms with E-state index in [1.54, 1.807) is 13.3 Å². The second-order valence-corrected chi connectivity index (χ2v) is 5.78. The van der Waals surface area contributed by atoms with Crippen LogP contribution in [0.5, 0.6) is 11.5 Å². The van der Waals surface area contributed by atoms with E-state index in [9.17, 15) is 0 Å². The van der Waals surface area contributed by atoms with Gasteiger partial charge in [-0.3, -0.25) is 4.98 Å². The van der Waals surface area contributed by atoms with Gasteiger partial charge in [-0.1, -0.05) is 13.0 Å². The maximum absolute atomic E-state index is 5.94. The summed E-state index contributed by atoms with van der Waals surface area (Å²) in [4.78, 5) is 4.29. The Hall–Kier alpha value is -2.07. The molecule has 1 aliphatic carbocycles. The molecular weight excluding hydrogens is 276 g/mol. The van der Waals surface area contributed by atoms with Crippen molar-refractivity contribution < 1.29 is 9.47 Å². The lowest BCUT2D eigenvalue weighted by Gasteiger charge is -2.13. The highest BCUT2D eigenvalue weighted by Crippen LogP contribution is 2.31. The minimum atomic E-state index is 0.472. The molecule has 0 bridgehead atoms.